The molecule has 0 saturated heterocycles. The smallest absolute Gasteiger partial charge is 0.186 e. The van der Waals surface area contributed by atoms with Crippen LogP contribution in [0.2, 0.25) is 0 Å². The number of rotatable bonds is 8. The fraction of sp³-hybridized carbons (Fsp3) is 0.923. The third-order valence-electron chi connectivity index (χ3n) is 3.33. The van der Waals surface area contributed by atoms with Gasteiger partial charge in [-0.1, -0.05) is 26.7 Å². The molecule has 0 aromatic rings. The highest BCUT2D eigenvalue weighted by atomic mass is 16.3. The minimum Gasteiger partial charge on any atom is -0.390 e. The summed E-state index contributed by atoms with van der Waals surface area (Å²) in [6.45, 7) is 6.72. The van der Waals surface area contributed by atoms with Crippen molar-refractivity contribution in [3.63, 3.8) is 0 Å². The first-order chi connectivity index (χ1) is 7.69. The second-order valence-electron chi connectivity index (χ2n) is 5.61. The summed E-state index contributed by atoms with van der Waals surface area (Å²) in [5.41, 5.74) is -0.664. The van der Waals surface area contributed by atoms with Crippen molar-refractivity contribution in [3.8, 4) is 0 Å². The molecular weight excluding hydrogens is 220 g/mol. The van der Waals surface area contributed by atoms with E-state index in [9.17, 15) is 15.0 Å². The lowest BCUT2D eigenvalue weighted by atomic mass is 9.84. The Hall–Kier alpha value is -0.450. The molecule has 0 saturated carbocycles. The Morgan fingerprint density at radius 2 is 1.82 bits per heavy atom. The standard InChI is InChI=1S/C13H26O4/c1-9(6-5-7-13(3,4)17)10(2)12(16)11(15)8-14/h9-10,12,14,16-17H,5-8H2,1-4H3. The molecule has 4 nitrogen and oxygen atoms in total. The molecule has 4 heteroatoms. The predicted molar refractivity (Wildman–Crippen MR) is 66.6 cm³/mol. The molecule has 0 aromatic carbocycles. The number of carbonyl (C=O) groups is 1. The Labute approximate surface area is 104 Å². The lowest BCUT2D eigenvalue weighted by molar-refractivity contribution is -0.133. The highest BCUT2D eigenvalue weighted by Gasteiger charge is 2.26. The second kappa shape index (κ2) is 7.09. The number of hydrogen-bond acceptors (Lipinski definition) is 4. The number of hydrogen-bond donors (Lipinski definition) is 3. The summed E-state index contributed by atoms with van der Waals surface area (Å²) in [6.07, 6.45) is 1.32. The molecule has 0 aliphatic carbocycles. The molecule has 0 heterocycles. The largest absolute Gasteiger partial charge is 0.390 e. The van der Waals surface area contributed by atoms with Gasteiger partial charge in [0.25, 0.3) is 0 Å². The van der Waals surface area contributed by atoms with Crippen LogP contribution in [0.15, 0.2) is 0 Å². The molecule has 102 valence electrons. The fourth-order valence-electron chi connectivity index (χ4n) is 1.82. The topological polar surface area (TPSA) is 77.8 Å². The normalized spacial score (nSPS) is 17.6. The zero-order chi connectivity index (χ0) is 13.6. The van der Waals surface area contributed by atoms with Crippen LogP contribution in [-0.2, 0) is 4.79 Å². The van der Waals surface area contributed by atoms with Crippen LogP contribution >= 0.6 is 0 Å². The monoisotopic (exact) mass is 246 g/mol. The Morgan fingerprint density at radius 1 is 1.29 bits per heavy atom. The lowest BCUT2D eigenvalue weighted by Crippen LogP contribution is -2.33. The van der Waals surface area contributed by atoms with Gasteiger partial charge in [-0.3, -0.25) is 4.79 Å². The molecule has 0 aliphatic heterocycles. The van der Waals surface area contributed by atoms with E-state index < -0.39 is 24.1 Å². The molecule has 0 spiro atoms. The summed E-state index contributed by atoms with van der Waals surface area (Å²) in [4.78, 5) is 11.2. The van der Waals surface area contributed by atoms with E-state index >= 15 is 0 Å². The van der Waals surface area contributed by atoms with Gasteiger partial charge in [0.05, 0.1) is 5.60 Å². The maximum absolute atomic E-state index is 11.2. The van der Waals surface area contributed by atoms with Gasteiger partial charge in [-0.05, 0) is 32.1 Å². The molecule has 0 aromatic heterocycles. The average molecular weight is 246 g/mol. The fourth-order valence-corrected chi connectivity index (χ4v) is 1.82. The Morgan fingerprint density at radius 3 is 2.24 bits per heavy atom. The molecule has 0 fully saturated rings. The molecule has 3 unspecified atom stereocenters. The van der Waals surface area contributed by atoms with E-state index in [0.29, 0.717) is 6.42 Å². The van der Waals surface area contributed by atoms with E-state index in [-0.39, 0.29) is 11.8 Å². The van der Waals surface area contributed by atoms with Crippen molar-refractivity contribution in [2.75, 3.05) is 6.61 Å². The number of Topliss-reactive ketones (excluding diaryl/α,β-unsaturated/α-hetero) is 1. The summed E-state index contributed by atoms with van der Waals surface area (Å²) in [5, 5.41) is 27.9. The van der Waals surface area contributed by atoms with Gasteiger partial charge >= 0.3 is 0 Å². The highest BCUT2D eigenvalue weighted by molar-refractivity contribution is 5.84. The van der Waals surface area contributed by atoms with Crippen LogP contribution in [-0.4, -0.2) is 39.4 Å². The minimum absolute atomic E-state index is 0.170. The Kier molecular flexibility index (Phi) is 6.90. The maximum Gasteiger partial charge on any atom is 0.186 e. The predicted octanol–water partition coefficient (Wildman–Crippen LogP) is 1.12. The van der Waals surface area contributed by atoms with E-state index in [1.165, 1.54) is 0 Å². The van der Waals surface area contributed by atoms with Crippen LogP contribution in [0, 0.1) is 11.8 Å². The summed E-state index contributed by atoms with van der Waals surface area (Å²) in [7, 11) is 0. The van der Waals surface area contributed by atoms with E-state index in [2.05, 4.69) is 0 Å². The second-order valence-corrected chi connectivity index (χ2v) is 5.61. The van der Waals surface area contributed by atoms with E-state index in [1.807, 2.05) is 13.8 Å². The van der Waals surface area contributed by atoms with Gasteiger partial charge in [0.15, 0.2) is 5.78 Å². The van der Waals surface area contributed by atoms with Crippen molar-refractivity contribution in [2.24, 2.45) is 11.8 Å². The molecule has 0 radical (unpaired) electrons. The third-order valence-corrected chi connectivity index (χ3v) is 3.33. The molecule has 0 amide bonds. The van der Waals surface area contributed by atoms with E-state index in [1.54, 1.807) is 13.8 Å². The lowest BCUT2D eigenvalue weighted by Gasteiger charge is -2.25. The molecule has 0 rings (SSSR count). The SMILES string of the molecule is CC(CCCC(C)(C)O)C(C)C(O)C(=O)CO. The summed E-state index contributed by atoms with van der Waals surface area (Å²) in [5.74, 6) is -0.508. The van der Waals surface area contributed by atoms with Crippen molar-refractivity contribution in [2.45, 2.75) is 58.7 Å². The van der Waals surface area contributed by atoms with Crippen molar-refractivity contribution >= 4 is 5.78 Å². The summed E-state index contributed by atoms with van der Waals surface area (Å²) < 4.78 is 0. The summed E-state index contributed by atoms with van der Waals surface area (Å²) >= 11 is 0. The first-order valence-corrected chi connectivity index (χ1v) is 6.23. The molecule has 0 bridgehead atoms. The van der Waals surface area contributed by atoms with Crippen molar-refractivity contribution in [1.29, 1.82) is 0 Å². The van der Waals surface area contributed by atoms with Gasteiger partial charge in [-0.15, -0.1) is 0 Å². The van der Waals surface area contributed by atoms with Gasteiger partial charge in [0.2, 0.25) is 0 Å². The Balaban J connectivity index is 4.05. The van der Waals surface area contributed by atoms with Gasteiger partial charge in [-0.2, -0.15) is 0 Å². The van der Waals surface area contributed by atoms with Crippen LogP contribution in [0.3, 0.4) is 0 Å². The quantitative estimate of drug-likeness (QED) is 0.600. The molecule has 0 aliphatic rings. The molecule has 17 heavy (non-hydrogen) atoms. The summed E-state index contributed by atoms with van der Waals surface area (Å²) in [6, 6.07) is 0. The van der Waals surface area contributed by atoms with Gasteiger partial charge in [0.1, 0.15) is 12.7 Å². The molecule has 3 N–H and O–H groups in total. The van der Waals surface area contributed by atoms with Gasteiger partial charge < -0.3 is 15.3 Å². The van der Waals surface area contributed by atoms with Crippen LogP contribution < -0.4 is 0 Å². The number of ketones is 1. The first kappa shape index (κ1) is 16.6. The highest BCUT2D eigenvalue weighted by Crippen LogP contribution is 2.23. The van der Waals surface area contributed by atoms with Crippen molar-refractivity contribution in [3.05, 3.63) is 0 Å². The zero-order valence-corrected chi connectivity index (χ0v) is 11.3. The number of aliphatic hydroxyl groups excluding tert-OH is 2. The maximum atomic E-state index is 11.2. The van der Waals surface area contributed by atoms with Crippen LogP contribution in [0.5, 0.6) is 0 Å². The van der Waals surface area contributed by atoms with Crippen molar-refractivity contribution in [1.82, 2.24) is 0 Å². The minimum atomic E-state index is -1.09. The van der Waals surface area contributed by atoms with Gasteiger partial charge in [-0.25, -0.2) is 0 Å². The van der Waals surface area contributed by atoms with E-state index in [0.717, 1.165) is 12.8 Å². The van der Waals surface area contributed by atoms with Crippen molar-refractivity contribution < 1.29 is 20.1 Å². The average Bonchev–Trinajstić information content (AvgIpc) is 2.24. The molecular formula is C13H26O4. The first-order valence-electron chi connectivity index (χ1n) is 6.23. The van der Waals surface area contributed by atoms with Crippen LogP contribution in [0.4, 0.5) is 0 Å². The molecule has 3 atom stereocenters. The Bertz CT molecular complexity index is 232. The number of carbonyl (C=O) groups excluding carboxylic acids is 1. The third kappa shape index (κ3) is 6.76. The number of aliphatic hydroxyl groups is 3. The van der Waals surface area contributed by atoms with E-state index in [4.69, 9.17) is 5.11 Å². The zero-order valence-electron chi connectivity index (χ0n) is 11.3. The van der Waals surface area contributed by atoms with Crippen LogP contribution in [0.1, 0.15) is 47.0 Å². The van der Waals surface area contributed by atoms with Gasteiger partial charge in [0, 0.05) is 0 Å². The van der Waals surface area contributed by atoms with Crippen LogP contribution in [0.25, 0.3) is 0 Å².